The van der Waals surface area contributed by atoms with Crippen molar-refractivity contribution < 1.29 is 23.0 Å². The van der Waals surface area contributed by atoms with Crippen molar-refractivity contribution in [2.24, 2.45) is 11.7 Å². The summed E-state index contributed by atoms with van der Waals surface area (Å²) in [7, 11) is 0. The summed E-state index contributed by atoms with van der Waals surface area (Å²) in [5.41, 5.74) is 6.46. The van der Waals surface area contributed by atoms with Gasteiger partial charge in [-0.3, -0.25) is 0 Å². The van der Waals surface area contributed by atoms with E-state index in [1.54, 1.807) is 6.92 Å². The molecule has 96 valence electrons. The Kier molecular flexibility index (Phi) is 4.36. The molecule has 0 fully saturated rings. The maximum Gasteiger partial charge on any atom is 0.573 e. The maximum absolute atomic E-state index is 11.9. The second kappa shape index (κ2) is 5.37. The topological polar surface area (TPSA) is 55.5 Å². The summed E-state index contributed by atoms with van der Waals surface area (Å²) in [6, 6.07) is 4.90. The first-order valence-corrected chi connectivity index (χ1v) is 5.05. The Bertz CT molecular complexity index is 351. The summed E-state index contributed by atoms with van der Waals surface area (Å²) in [5.74, 6) is -0.450. The van der Waals surface area contributed by atoms with Gasteiger partial charge in [0, 0.05) is 12.6 Å². The number of hydrogen-bond donors (Lipinski definition) is 2. The first kappa shape index (κ1) is 13.8. The zero-order chi connectivity index (χ0) is 13.1. The van der Waals surface area contributed by atoms with Crippen molar-refractivity contribution in [3.8, 4) is 5.75 Å². The summed E-state index contributed by atoms with van der Waals surface area (Å²) >= 11 is 0. The number of alkyl halides is 3. The molecule has 3 N–H and O–H groups in total. The Hall–Kier alpha value is -1.27. The number of aliphatic hydroxyl groups is 1. The molecule has 0 amide bonds. The van der Waals surface area contributed by atoms with Crippen LogP contribution in [0.4, 0.5) is 13.2 Å². The van der Waals surface area contributed by atoms with Gasteiger partial charge in [0.15, 0.2) is 0 Å². The standard InChI is InChI=1S/C11H14F3NO2/c1-7(6-16)10(15)8-2-4-9(5-3-8)17-11(12,13)14/h2-5,7,10,16H,6,15H2,1H3. The molecule has 0 aliphatic carbocycles. The van der Waals surface area contributed by atoms with Gasteiger partial charge in [-0.1, -0.05) is 19.1 Å². The van der Waals surface area contributed by atoms with Gasteiger partial charge in [0.1, 0.15) is 5.75 Å². The SMILES string of the molecule is CC(CO)C(N)c1ccc(OC(F)(F)F)cc1. The Labute approximate surface area is 97.0 Å². The molecule has 1 aromatic carbocycles. The molecule has 0 aliphatic heterocycles. The maximum atomic E-state index is 11.9. The van der Waals surface area contributed by atoms with E-state index in [1.165, 1.54) is 24.3 Å². The Morgan fingerprint density at radius 2 is 1.82 bits per heavy atom. The molecule has 0 heterocycles. The third kappa shape index (κ3) is 4.24. The molecule has 1 rings (SSSR count). The Morgan fingerprint density at radius 1 is 1.29 bits per heavy atom. The molecule has 0 saturated heterocycles. The minimum atomic E-state index is -4.69. The van der Waals surface area contributed by atoms with Crippen LogP contribution in [0.25, 0.3) is 0 Å². The normalized spacial score (nSPS) is 15.4. The van der Waals surface area contributed by atoms with Gasteiger partial charge < -0.3 is 15.6 Å². The molecular weight excluding hydrogens is 235 g/mol. The Morgan fingerprint density at radius 3 is 2.24 bits per heavy atom. The van der Waals surface area contributed by atoms with Crippen molar-refractivity contribution in [1.82, 2.24) is 0 Å². The summed E-state index contributed by atoms with van der Waals surface area (Å²) in [6.07, 6.45) is -4.69. The first-order valence-electron chi connectivity index (χ1n) is 5.05. The predicted molar refractivity (Wildman–Crippen MR) is 56.3 cm³/mol. The van der Waals surface area contributed by atoms with E-state index < -0.39 is 12.4 Å². The fourth-order valence-electron chi connectivity index (χ4n) is 1.33. The number of hydrogen-bond acceptors (Lipinski definition) is 3. The molecule has 0 radical (unpaired) electrons. The van der Waals surface area contributed by atoms with Crippen molar-refractivity contribution in [2.45, 2.75) is 19.3 Å². The smallest absolute Gasteiger partial charge is 0.406 e. The van der Waals surface area contributed by atoms with Gasteiger partial charge in [0.2, 0.25) is 0 Å². The highest BCUT2D eigenvalue weighted by Crippen LogP contribution is 2.25. The number of benzene rings is 1. The van der Waals surface area contributed by atoms with Crippen molar-refractivity contribution >= 4 is 0 Å². The average molecular weight is 249 g/mol. The number of rotatable bonds is 4. The van der Waals surface area contributed by atoms with Crippen LogP contribution in [0.1, 0.15) is 18.5 Å². The molecule has 0 spiro atoms. The average Bonchev–Trinajstić information content (AvgIpc) is 2.26. The van der Waals surface area contributed by atoms with Crippen molar-refractivity contribution in [2.75, 3.05) is 6.61 Å². The molecule has 17 heavy (non-hydrogen) atoms. The largest absolute Gasteiger partial charge is 0.573 e. The molecule has 1 aromatic rings. The van der Waals surface area contributed by atoms with Crippen LogP contribution in [-0.4, -0.2) is 18.1 Å². The van der Waals surface area contributed by atoms with Crippen LogP contribution in [-0.2, 0) is 0 Å². The van der Waals surface area contributed by atoms with Crippen molar-refractivity contribution in [3.05, 3.63) is 29.8 Å². The second-order valence-corrected chi connectivity index (χ2v) is 3.80. The quantitative estimate of drug-likeness (QED) is 0.860. The van der Waals surface area contributed by atoms with E-state index in [0.29, 0.717) is 5.56 Å². The van der Waals surface area contributed by atoms with Gasteiger partial charge in [-0.25, -0.2) is 0 Å². The monoisotopic (exact) mass is 249 g/mol. The fraction of sp³-hybridized carbons (Fsp3) is 0.455. The Balaban J connectivity index is 2.74. The van der Waals surface area contributed by atoms with Crippen molar-refractivity contribution in [3.63, 3.8) is 0 Å². The lowest BCUT2D eigenvalue weighted by Gasteiger charge is -2.18. The zero-order valence-corrected chi connectivity index (χ0v) is 9.24. The van der Waals surface area contributed by atoms with E-state index in [-0.39, 0.29) is 18.3 Å². The van der Waals surface area contributed by atoms with E-state index in [0.717, 1.165) is 0 Å². The van der Waals surface area contributed by atoms with Crippen LogP contribution in [0.3, 0.4) is 0 Å². The number of halogens is 3. The molecule has 0 saturated carbocycles. The lowest BCUT2D eigenvalue weighted by molar-refractivity contribution is -0.274. The van der Waals surface area contributed by atoms with Gasteiger partial charge in [-0.05, 0) is 23.6 Å². The van der Waals surface area contributed by atoms with Crippen molar-refractivity contribution in [1.29, 1.82) is 0 Å². The van der Waals surface area contributed by atoms with E-state index in [9.17, 15) is 13.2 Å². The second-order valence-electron chi connectivity index (χ2n) is 3.80. The highest BCUT2D eigenvalue weighted by molar-refractivity contribution is 5.29. The van der Waals surface area contributed by atoms with E-state index in [1.807, 2.05) is 0 Å². The molecular formula is C11H14F3NO2. The minimum absolute atomic E-state index is 0.0814. The lowest BCUT2D eigenvalue weighted by atomic mass is 9.96. The van der Waals surface area contributed by atoms with Crippen LogP contribution in [0.15, 0.2) is 24.3 Å². The third-order valence-electron chi connectivity index (χ3n) is 2.40. The molecule has 0 aliphatic rings. The van der Waals surface area contributed by atoms with Gasteiger partial charge in [0.25, 0.3) is 0 Å². The number of aliphatic hydroxyl groups excluding tert-OH is 1. The lowest BCUT2D eigenvalue weighted by Crippen LogP contribution is -2.22. The summed E-state index contributed by atoms with van der Waals surface area (Å²) in [6.45, 7) is 1.67. The van der Waals surface area contributed by atoms with Crippen LogP contribution in [0.2, 0.25) is 0 Å². The third-order valence-corrected chi connectivity index (χ3v) is 2.40. The van der Waals surface area contributed by atoms with Gasteiger partial charge in [0.05, 0.1) is 0 Å². The molecule has 0 aromatic heterocycles. The van der Waals surface area contributed by atoms with Crippen LogP contribution in [0.5, 0.6) is 5.75 Å². The summed E-state index contributed by atoms with van der Waals surface area (Å²) in [4.78, 5) is 0. The predicted octanol–water partition coefficient (Wildman–Crippen LogP) is 2.21. The van der Waals surface area contributed by atoms with E-state index in [2.05, 4.69) is 4.74 Å². The summed E-state index contributed by atoms with van der Waals surface area (Å²) < 4.78 is 39.4. The molecule has 0 bridgehead atoms. The molecule has 2 unspecified atom stereocenters. The van der Waals surface area contributed by atoms with E-state index >= 15 is 0 Å². The van der Waals surface area contributed by atoms with Crippen LogP contribution >= 0.6 is 0 Å². The highest BCUT2D eigenvalue weighted by Gasteiger charge is 2.31. The highest BCUT2D eigenvalue weighted by atomic mass is 19.4. The molecule has 2 atom stereocenters. The van der Waals surface area contributed by atoms with Crippen LogP contribution < -0.4 is 10.5 Å². The first-order chi connectivity index (χ1) is 7.83. The fourth-order valence-corrected chi connectivity index (χ4v) is 1.33. The number of ether oxygens (including phenoxy) is 1. The zero-order valence-electron chi connectivity index (χ0n) is 9.24. The van der Waals surface area contributed by atoms with Gasteiger partial charge >= 0.3 is 6.36 Å². The van der Waals surface area contributed by atoms with Crippen LogP contribution in [0, 0.1) is 5.92 Å². The molecule has 6 heteroatoms. The number of nitrogens with two attached hydrogens (primary N) is 1. The van der Waals surface area contributed by atoms with E-state index in [4.69, 9.17) is 10.8 Å². The minimum Gasteiger partial charge on any atom is -0.406 e. The van der Waals surface area contributed by atoms with Gasteiger partial charge in [-0.15, -0.1) is 13.2 Å². The molecule has 3 nitrogen and oxygen atoms in total. The summed E-state index contributed by atoms with van der Waals surface area (Å²) in [5, 5.41) is 8.92. The van der Waals surface area contributed by atoms with Gasteiger partial charge in [-0.2, -0.15) is 0 Å².